The number of amides is 1. The van der Waals surface area contributed by atoms with Gasteiger partial charge in [-0.2, -0.15) is 4.31 Å². The van der Waals surface area contributed by atoms with Gasteiger partial charge in [0, 0.05) is 45.1 Å². The molecule has 1 aromatic rings. The van der Waals surface area contributed by atoms with E-state index < -0.39 is 21.9 Å². The van der Waals surface area contributed by atoms with Crippen molar-refractivity contribution in [3.05, 3.63) is 18.2 Å². The summed E-state index contributed by atoms with van der Waals surface area (Å²) in [4.78, 5) is 14.5. The zero-order valence-corrected chi connectivity index (χ0v) is 18.0. The number of rotatable bonds is 3. The second kappa shape index (κ2) is 8.21. The van der Waals surface area contributed by atoms with E-state index in [-0.39, 0.29) is 17.4 Å². The van der Waals surface area contributed by atoms with Crippen LogP contribution in [0.5, 0.6) is 11.5 Å². The number of hydrogen-bond acceptors (Lipinski definition) is 8. The molecule has 4 aliphatic rings. The van der Waals surface area contributed by atoms with Crippen LogP contribution in [-0.2, 0) is 29.0 Å². The van der Waals surface area contributed by atoms with Gasteiger partial charge in [-0.05, 0) is 12.1 Å². The first kappa shape index (κ1) is 21.0. The molecule has 0 aliphatic carbocycles. The van der Waals surface area contributed by atoms with E-state index in [2.05, 4.69) is 0 Å². The molecular formula is C20H26N2O8S. The van der Waals surface area contributed by atoms with Crippen molar-refractivity contribution < 1.29 is 36.9 Å². The third-order valence-corrected chi connectivity index (χ3v) is 8.00. The molecule has 0 aromatic heterocycles. The molecule has 0 bridgehead atoms. The number of carbonyl (C=O) groups is 1. The van der Waals surface area contributed by atoms with E-state index in [0.717, 1.165) is 0 Å². The normalized spacial score (nSPS) is 26.2. The Bertz CT molecular complexity index is 930. The summed E-state index contributed by atoms with van der Waals surface area (Å²) in [6, 6.07) is 4.51. The fourth-order valence-corrected chi connectivity index (χ4v) is 5.78. The molecule has 1 aromatic carbocycles. The number of hydrogen-bond donors (Lipinski definition) is 0. The standard InChI is InChI=1S/C20H26N2O8S/c23-19(21-7-9-26-10-8-21)18-14-27-17-13-15(1-2-16(17)30-18)31(24,25)22-5-3-20(4-6-22)28-11-12-29-20/h1-2,13,18H,3-12,14H2. The summed E-state index contributed by atoms with van der Waals surface area (Å²) < 4.78 is 55.9. The molecule has 1 spiro atoms. The van der Waals surface area contributed by atoms with E-state index in [0.29, 0.717) is 76.9 Å². The molecule has 0 N–H and O–H groups in total. The molecule has 11 heteroatoms. The summed E-state index contributed by atoms with van der Waals surface area (Å²) in [7, 11) is -3.69. The molecule has 1 atom stereocenters. The van der Waals surface area contributed by atoms with Crippen LogP contribution >= 0.6 is 0 Å². The van der Waals surface area contributed by atoms with Crippen molar-refractivity contribution in [2.45, 2.75) is 29.6 Å². The molecule has 0 radical (unpaired) electrons. The van der Waals surface area contributed by atoms with Gasteiger partial charge in [0.1, 0.15) is 6.61 Å². The van der Waals surface area contributed by atoms with E-state index in [4.69, 9.17) is 23.7 Å². The fourth-order valence-electron chi connectivity index (χ4n) is 4.32. The Hall–Kier alpha value is -1.92. The zero-order valence-electron chi connectivity index (χ0n) is 17.2. The van der Waals surface area contributed by atoms with E-state index in [9.17, 15) is 13.2 Å². The predicted octanol–water partition coefficient (Wildman–Crippen LogP) is 0.213. The third-order valence-electron chi connectivity index (χ3n) is 6.11. The highest BCUT2D eigenvalue weighted by atomic mass is 32.2. The Morgan fingerprint density at radius 2 is 1.68 bits per heavy atom. The second-order valence-corrected chi connectivity index (χ2v) is 9.91. The molecular weight excluding hydrogens is 428 g/mol. The number of ether oxygens (including phenoxy) is 5. The van der Waals surface area contributed by atoms with Gasteiger partial charge in [0.25, 0.3) is 5.91 Å². The van der Waals surface area contributed by atoms with Crippen LogP contribution in [0.3, 0.4) is 0 Å². The quantitative estimate of drug-likeness (QED) is 0.639. The Kier molecular flexibility index (Phi) is 5.55. The van der Waals surface area contributed by atoms with Gasteiger partial charge in [0.15, 0.2) is 17.3 Å². The Balaban J connectivity index is 1.27. The van der Waals surface area contributed by atoms with Crippen LogP contribution in [0.25, 0.3) is 0 Å². The molecule has 1 unspecified atom stereocenters. The van der Waals surface area contributed by atoms with Gasteiger partial charge in [-0.3, -0.25) is 4.79 Å². The Labute approximate surface area is 181 Å². The van der Waals surface area contributed by atoms with Crippen molar-refractivity contribution >= 4 is 15.9 Å². The zero-order chi connectivity index (χ0) is 21.5. The summed E-state index contributed by atoms with van der Waals surface area (Å²) in [6.07, 6.45) is 0.252. The topological polar surface area (TPSA) is 104 Å². The largest absolute Gasteiger partial charge is 0.485 e. The third kappa shape index (κ3) is 4.00. The number of sulfonamides is 1. The van der Waals surface area contributed by atoms with Crippen LogP contribution in [0, 0.1) is 0 Å². The number of morpholine rings is 1. The van der Waals surface area contributed by atoms with E-state index in [1.54, 1.807) is 11.0 Å². The highest BCUT2D eigenvalue weighted by Crippen LogP contribution is 2.37. The molecule has 4 aliphatic heterocycles. The van der Waals surface area contributed by atoms with Crippen molar-refractivity contribution in [1.29, 1.82) is 0 Å². The predicted molar refractivity (Wildman–Crippen MR) is 106 cm³/mol. The van der Waals surface area contributed by atoms with E-state index >= 15 is 0 Å². The molecule has 3 saturated heterocycles. The summed E-state index contributed by atoms with van der Waals surface area (Å²) in [5.41, 5.74) is 0. The smallest absolute Gasteiger partial charge is 0.267 e. The van der Waals surface area contributed by atoms with E-state index in [1.807, 2.05) is 0 Å². The average Bonchev–Trinajstić information content (AvgIpc) is 3.26. The number of carbonyl (C=O) groups excluding carboxylic acids is 1. The number of piperidine rings is 1. The van der Waals surface area contributed by atoms with Gasteiger partial charge in [-0.15, -0.1) is 0 Å². The average molecular weight is 455 g/mol. The first-order chi connectivity index (χ1) is 15.0. The monoisotopic (exact) mass is 454 g/mol. The number of benzene rings is 1. The maximum atomic E-state index is 13.1. The van der Waals surface area contributed by atoms with Gasteiger partial charge >= 0.3 is 0 Å². The van der Waals surface area contributed by atoms with Crippen molar-refractivity contribution in [2.75, 3.05) is 59.2 Å². The molecule has 4 heterocycles. The van der Waals surface area contributed by atoms with Gasteiger partial charge in [-0.1, -0.05) is 0 Å². The highest BCUT2D eigenvalue weighted by molar-refractivity contribution is 7.89. The SMILES string of the molecule is O=C(C1COc2cc(S(=O)(=O)N3CCC4(CC3)OCCO4)ccc2O1)N1CCOCC1. The summed E-state index contributed by atoms with van der Waals surface area (Å²) in [5, 5.41) is 0. The van der Waals surface area contributed by atoms with Gasteiger partial charge in [-0.25, -0.2) is 8.42 Å². The Morgan fingerprint density at radius 1 is 0.968 bits per heavy atom. The molecule has 3 fully saturated rings. The van der Waals surface area contributed by atoms with Crippen LogP contribution in [0.1, 0.15) is 12.8 Å². The van der Waals surface area contributed by atoms with Crippen LogP contribution in [-0.4, -0.2) is 94.6 Å². The molecule has 1 amide bonds. The molecule has 0 saturated carbocycles. The minimum Gasteiger partial charge on any atom is -0.485 e. The van der Waals surface area contributed by atoms with Gasteiger partial charge < -0.3 is 28.6 Å². The first-order valence-electron chi connectivity index (χ1n) is 10.6. The Morgan fingerprint density at radius 3 is 2.39 bits per heavy atom. The van der Waals surface area contributed by atoms with Crippen molar-refractivity contribution in [3.8, 4) is 11.5 Å². The molecule has 10 nitrogen and oxygen atoms in total. The van der Waals surface area contributed by atoms with Crippen molar-refractivity contribution in [3.63, 3.8) is 0 Å². The maximum absolute atomic E-state index is 13.1. The van der Waals surface area contributed by atoms with Crippen molar-refractivity contribution in [2.24, 2.45) is 0 Å². The lowest BCUT2D eigenvalue weighted by atomic mass is 10.1. The van der Waals surface area contributed by atoms with Gasteiger partial charge in [0.2, 0.25) is 16.1 Å². The van der Waals surface area contributed by atoms with Gasteiger partial charge in [0.05, 0.1) is 31.3 Å². The lowest BCUT2D eigenvalue weighted by Crippen LogP contribution is -2.50. The second-order valence-electron chi connectivity index (χ2n) is 7.98. The summed E-state index contributed by atoms with van der Waals surface area (Å²) >= 11 is 0. The van der Waals surface area contributed by atoms with Crippen LogP contribution in [0.2, 0.25) is 0 Å². The molecule has 5 rings (SSSR count). The lowest BCUT2D eigenvalue weighted by molar-refractivity contribution is -0.179. The molecule has 31 heavy (non-hydrogen) atoms. The van der Waals surface area contributed by atoms with Crippen LogP contribution in [0.15, 0.2) is 23.1 Å². The minimum atomic E-state index is -3.69. The number of nitrogens with zero attached hydrogens (tertiary/aromatic N) is 2. The summed E-state index contributed by atoms with van der Waals surface area (Å²) in [5.74, 6) is -0.102. The maximum Gasteiger partial charge on any atom is 0.267 e. The minimum absolute atomic E-state index is 0.0353. The van der Waals surface area contributed by atoms with Crippen LogP contribution < -0.4 is 9.47 Å². The lowest BCUT2D eigenvalue weighted by Gasteiger charge is -2.37. The van der Waals surface area contributed by atoms with Crippen molar-refractivity contribution in [1.82, 2.24) is 9.21 Å². The number of fused-ring (bicyclic) bond motifs is 1. The first-order valence-corrected chi connectivity index (χ1v) is 12.0. The highest BCUT2D eigenvalue weighted by Gasteiger charge is 2.43. The van der Waals surface area contributed by atoms with E-state index in [1.165, 1.54) is 16.4 Å². The molecule has 170 valence electrons. The van der Waals surface area contributed by atoms with Crippen LogP contribution in [0.4, 0.5) is 0 Å². The fraction of sp³-hybridized carbons (Fsp3) is 0.650. The summed E-state index contributed by atoms with van der Waals surface area (Å²) in [6.45, 7) is 3.84.